The number of benzene rings is 3. The number of nitro groups is 1. The Morgan fingerprint density at radius 1 is 0.932 bits per heavy atom. The summed E-state index contributed by atoms with van der Waals surface area (Å²) in [5.74, 6) is -4.21. The molecule has 2 saturated heterocycles. The van der Waals surface area contributed by atoms with Crippen molar-refractivity contribution < 1.29 is 96.4 Å². The average molecular weight is 1050 g/mol. The number of aryl methyl sites for hydroxylation is 1. The summed E-state index contributed by atoms with van der Waals surface area (Å²) >= 11 is 0. The number of rotatable bonds is 15. The number of aliphatic hydroxyl groups is 5. The lowest BCUT2D eigenvalue weighted by Crippen LogP contribution is -2.60. The van der Waals surface area contributed by atoms with Crippen molar-refractivity contribution in [3.05, 3.63) is 93.8 Å². The van der Waals surface area contributed by atoms with Crippen molar-refractivity contribution >= 4 is 58.2 Å². The molecule has 1 aromatic heterocycles. The summed E-state index contributed by atoms with van der Waals surface area (Å²) in [6.45, 7) is -1.05. The van der Waals surface area contributed by atoms with E-state index in [1.54, 1.807) is 42.1 Å². The number of carbonyl (C=O) groups is 5. The molecule has 0 saturated carbocycles. The monoisotopic (exact) mass is 1050 g/mol. The number of aliphatic carboxylic acids is 1. The first-order valence-corrected chi connectivity index (χ1v) is 22.5. The third-order valence-corrected chi connectivity index (χ3v) is 11.8. The van der Waals surface area contributed by atoms with E-state index >= 15 is 0 Å². The minimum absolute atomic E-state index is 0.000423. The number of methoxy groups -OCH3 is 1. The highest BCUT2D eigenvalue weighted by molar-refractivity contribution is 6.06. The number of ether oxygens (including phenoxy) is 5. The van der Waals surface area contributed by atoms with Crippen LogP contribution in [-0.4, -0.2) is 151 Å². The number of aromatic nitrogens is 1. The molecule has 7 atom stereocenters. The average Bonchev–Trinajstić information content (AvgIpc) is 3.70. The normalized spacial score (nSPS) is 21.4. The van der Waals surface area contributed by atoms with Crippen molar-refractivity contribution in [2.75, 3.05) is 48.1 Å². The minimum atomic E-state index is -5.08. The van der Waals surface area contributed by atoms with Crippen molar-refractivity contribution in [1.29, 1.82) is 0 Å². The Labute approximate surface area is 417 Å². The van der Waals surface area contributed by atoms with E-state index in [-0.39, 0.29) is 53.7 Å². The highest BCUT2D eigenvalue weighted by Crippen LogP contribution is 2.41. The number of nitro benzene ring substituents is 1. The number of nitrogens with two attached hydrogens (primary N) is 1. The molecule has 2 fully saturated rings. The largest absolute Gasteiger partial charge is 0.493 e. The summed E-state index contributed by atoms with van der Waals surface area (Å²) in [6, 6.07) is 13.6. The number of carbonyl (C=O) groups excluding carboxylic acids is 4. The van der Waals surface area contributed by atoms with Gasteiger partial charge in [0.1, 0.15) is 36.7 Å². The number of carboxylic acid groups (broad SMARTS) is 1. The molecule has 4 heterocycles. The van der Waals surface area contributed by atoms with Gasteiger partial charge in [-0.15, -0.1) is 0 Å². The van der Waals surface area contributed by atoms with E-state index in [1.807, 2.05) is 0 Å². The van der Waals surface area contributed by atoms with Crippen LogP contribution >= 0.6 is 0 Å². The molecule has 3 aromatic carbocycles. The molecular formula is C46H52F3N7O18. The van der Waals surface area contributed by atoms with Crippen LogP contribution in [0.25, 0.3) is 0 Å². The van der Waals surface area contributed by atoms with Gasteiger partial charge in [-0.2, -0.15) is 13.2 Å². The number of nitrogens with one attached hydrogen (secondary N) is 2. The molecule has 28 heteroatoms. The number of fused-ring (bicyclic) bond motifs is 2. The topological polar surface area (TPSA) is 358 Å². The number of nitrogens with zero attached hydrogens (tertiary/aromatic N) is 4. The lowest BCUT2D eigenvalue weighted by atomic mass is 9.99. The molecule has 3 aliphatic heterocycles. The van der Waals surface area contributed by atoms with E-state index in [2.05, 4.69) is 10.6 Å². The SMILES string of the molecule is COc1cc2c(cc1OCCCC(=O)Nc1cc(C(=O)Nc3ccc(N)cc3)n(C)c1)N(C(=O)OCc1ccc(O[C@@H]3O[C@H](CO)[C@@H](O)[C@H](O)[C@H]3O)c([N+](=O)[O-])c1)C(O)[C@@H]1CCCCN1C2=O.O=C(O)C(F)(F)F. The molecule has 1 unspecified atom stereocenters. The zero-order chi connectivity index (χ0) is 54.2. The summed E-state index contributed by atoms with van der Waals surface area (Å²) in [6.07, 6.45) is -12.7. The number of amides is 4. The zero-order valence-corrected chi connectivity index (χ0v) is 39.3. The summed E-state index contributed by atoms with van der Waals surface area (Å²) < 4.78 is 61.4. The number of anilines is 4. The fraction of sp³-hybridized carbons (Fsp3) is 0.413. The number of piperidine rings is 1. The molecule has 4 aromatic rings. The third kappa shape index (κ3) is 13.1. The molecule has 7 rings (SSSR count). The number of halogens is 3. The highest BCUT2D eigenvalue weighted by Gasteiger charge is 2.46. The first-order chi connectivity index (χ1) is 35.0. The van der Waals surface area contributed by atoms with E-state index < -0.39 is 103 Å². The van der Waals surface area contributed by atoms with Crippen LogP contribution in [0.4, 0.5) is 46.4 Å². The van der Waals surface area contributed by atoms with Gasteiger partial charge in [0.25, 0.3) is 11.8 Å². The summed E-state index contributed by atoms with van der Waals surface area (Å²) in [5.41, 5.74) is 6.88. The van der Waals surface area contributed by atoms with E-state index in [0.717, 1.165) is 17.0 Å². The predicted molar refractivity (Wildman–Crippen MR) is 249 cm³/mol. The van der Waals surface area contributed by atoms with Crippen LogP contribution in [0.5, 0.6) is 17.2 Å². The van der Waals surface area contributed by atoms with Gasteiger partial charge in [0.15, 0.2) is 23.5 Å². The Morgan fingerprint density at radius 2 is 1.64 bits per heavy atom. The van der Waals surface area contributed by atoms with Crippen molar-refractivity contribution in [2.24, 2.45) is 7.05 Å². The Kier molecular flexibility index (Phi) is 17.9. The smallest absolute Gasteiger partial charge is 0.490 e. The van der Waals surface area contributed by atoms with Crippen LogP contribution in [0.15, 0.2) is 66.9 Å². The minimum Gasteiger partial charge on any atom is -0.493 e. The van der Waals surface area contributed by atoms with Gasteiger partial charge in [0.05, 0.1) is 48.2 Å². The van der Waals surface area contributed by atoms with E-state index in [0.29, 0.717) is 48.6 Å². The second-order valence-electron chi connectivity index (χ2n) is 16.9. The Balaban J connectivity index is 0.00000119. The van der Waals surface area contributed by atoms with Gasteiger partial charge in [0, 0.05) is 49.7 Å². The number of alkyl halides is 3. The van der Waals surface area contributed by atoms with Crippen molar-refractivity contribution in [3.8, 4) is 17.2 Å². The highest BCUT2D eigenvalue weighted by atomic mass is 19.4. The molecular weight excluding hydrogens is 996 g/mol. The number of hydrogen-bond acceptors (Lipinski definition) is 18. The summed E-state index contributed by atoms with van der Waals surface area (Å²) in [7, 11) is 3.02. The van der Waals surface area contributed by atoms with E-state index in [4.69, 9.17) is 39.3 Å². The van der Waals surface area contributed by atoms with Crippen LogP contribution in [0.2, 0.25) is 0 Å². The van der Waals surface area contributed by atoms with Gasteiger partial charge in [-0.25, -0.2) is 14.5 Å². The lowest BCUT2D eigenvalue weighted by molar-refractivity contribution is -0.387. The van der Waals surface area contributed by atoms with E-state index in [9.17, 15) is 68.0 Å². The molecule has 3 aliphatic rings. The number of hydrogen-bond donors (Lipinski definition) is 9. The maximum Gasteiger partial charge on any atom is 0.490 e. The zero-order valence-electron chi connectivity index (χ0n) is 39.3. The van der Waals surface area contributed by atoms with Crippen LogP contribution in [0.1, 0.15) is 58.5 Å². The van der Waals surface area contributed by atoms with Gasteiger partial charge in [-0.05, 0) is 73.7 Å². The maximum absolute atomic E-state index is 14.1. The number of carboxylic acids is 1. The lowest BCUT2D eigenvalue weighted by Gasteiger charge is -2.39. The van der Waals surface area contributed by atoms with E-state index in [1.165, 1.54) is 36.3 Å². The molecule has 4 amide bonds. The molecule has 400 valence electrons. The maximum atomic E-state index is 14.1. The predicted octanol–water partition coefficient (Wildman–Crippen LogP) is 2.86. The first-order valence-electron chi connectivity index (χ1n) is 22.5. The van der Waals surface area contributed by atoms with Gasteiger partial charge < -0.3 is 80.2 Å². The first kappa shape index (κ1) is 55.6. The summed E-state index contributed by atoms with van der Waals surface area (Å²) in [4.78, 5) is 76.6. The fourth-order valence-electron chi connectivity index (χ4n) is 8.05. The molecule has 25 nitrogen and oxygen atoms in total. The Morgan fingerprint density at radius 3 is 2.28 bits per heavy atom. The second kappa shape index (κ2) is 23.9. The van der Waals surface area contributed by atoms with Crippen molar-refractivity contribution in [3.63, 3.8) is 0 Å². The van der Waals surface area contributed by atoms with Gasteiger partial charge >= 0.3 is 23.9 Å². The van der Waals surface area contributed by atoms with Crippen molar-refractivity contribution in [2.45, 2.75) is 87.9 Å². The second-order valence-corrected chi connectivity index (χ2v) is 16.9. The van der Waals surface area contributed by atoms with Gasteiger partial charge in [0.2, 0.25) is 12.2 Å². The molecule has 74 heavy (non-hydrogen) atoms. The van der Waals surface area contributed by atoms with Crippen LogP contribution in [-0.2, 0) is 32.7 Å². The van der Waals surface area contributed by atoms with Crippen LogP contribution in [0.3, 0.4) is 0 Å². The number of nitrogen functional groups attached to an aromatic ring is 1. The Hall–Kier alpha value is -7.76. The third-order valence-electron chi connectivity index (χ3n) is 11.8. The number of aliphatic hydroxyl groups excluding tert-OH is 5. The summed E-state index contributed by atoms with van der Waals surface area (Å²) in [5, 5.41) is 76.8. The molecule has 0 aliphatic carbocycles. The Bertz CT molecular complexity index is 2710. The van der Waals surface area contributed by atoms with Crippen LogP contribution in [0, 0.1) is 10.1 Å². The van der Waals surface area contributed by atoms with Crippen LogP contribution < -0.4 is 35.5 Å². The van der Waals surface area contributed by atoms with Gasteiger partial charge in [-0.3, -0.25) is 24.5 Å². The fourth-order valence-corrected chi connectivity index (χ4v) is 8.05. The molecule has 10 N–H and O–H groups in total. The molecule has 0 bridgehead atoms. The van der Waals surface area contributed by atoms with Gasteiger partial charge in [-0.1, -0.05) is 6.07 Å². The standard InChI is InChI=1S/C44H51N7O16.C2HF3O2/c1-48-20-26(17-31(48)40(57)47-25-11-9-24(45)10-12-25)46-36(53)7-5-15-64-34-19-29-27(18-33(34)63-2)41(58)49-14-4-3-6-28(49)42(59)50(29)44(60)65-22-23-8-13-32(30(16-23)51(61)62)66-43-39(56)38(55)37(54)35(21-52)67-43;3-2(4,5)1(6)7/h8-13,16-20,28,35,37-39,42-43,52,54-56,59H,3-7,14-15,21-22,45H2,1-2H3,(H,46,53)(H,47,57);(H,6,7)/t28-,35+,37+,38-,39+,42?,43+;/m0./s1. The molecule has 0 radical (unpaired) electrons. The van der Waals surface area contributed by atoms with Crippen molar-refractivity contribution in [1.82, 2.24) is 9.47 Å². The quantitative estimate of drug-likeness (QED) is 0.0358. The molecule has 0 spiro atoms.